The van der Waals surface area contributed by atoms with Gasteiger partial charge in [-0.15, -0.1) is 0 Å². The lowest BCUT2D eigenvalue weighted by Crippen LogP contribution is -2.08. The molecular formula is C13H15N3O4S. The van der Waals surface area contributed by atoms with Crippen molar-refractivity contribution in [2.75, 3.05) is 12.4 Å². The number of Topliss-reactive ketones (excluding diaryl/α,β-unsaturated/α-hetero) is 1. The number of carbonyl (C=O) groups excluding carboxylic acids is 2. The molecule has 8 heteroatoms. The van der Waals surface area contributed by atoms with Crippen LogP contribution >= 0.6 is 11.3 Å². The molecule has 112 valence electrons. The Kier molecular flexibility index (Phi) is 4.37. The number of nitrogens with zero attached hydrogens (tertiary/aromatic N) is 2. The highest BCUT2D eigenvalue weighted by atomic mass is 32.1. The van der Waals surface area contributed by atoms with Gasteiger partial charge in [-0.1, -0.05) is 11.3 Å². The molecule has 2 aromatic heterocycles. The molecule has 0 aliphatic rings. The summed E-state index contributed by atoms with van der Waals surface area (Å²) in [7, 11) is 1.25. The van der Waals surface area contributed by atoms with E-state index in [1.165, 1.54) is 14.0 Å². The molecule has 7 nitrogen and oxygen atoms in total. The number of esters is 1. The third-order valence-electron chi connectivity index (χ3n) is 2.68. The minimum Gasteiger partial charge on any atom is -0.464 e. The molecule has 2 heterocycles. The Morgan fingerprint density at radius 2 is 2.19 bits per heavy atom. The van der Waals surface area contributed by atoms with Gasteiger partial charge in [-0.3, -0.25) is 4.79 Å². The highest BCUT2D eigenvalue weighted by molar-refractivity contribution is 7.17. The summed E-state index contributed by atoms with van der Waals surface area (Å²) >= 11 is 1.10. The van der Waals surface area contributed by atoms with E-state index >= 15 is 0 Å². The van der Waals surface area contributed by atoms with E-state index in [2.05, 4.69) is 20.0 Å². The Morgan fingerprint density at radius 1 is 1.48 bits per heavy atom. The first-order valence-corrected chi connectivity index (χ1v) is 7.03. The molecule has 0 saturated carbocycles. The van der Waals surface area contributed by atoms with Crippen LogP contribution in [0.15, 0.2) is 10.6 Å². The number of ketones is 1. The van der Waals surface area contributed by atoms with Crippen LogP contribution in [0.3, 0.4) is 0 Å². The summed E-state index contributed by atoms with van der Waals surface area (Å²) in [6, 6.07) is -0.241. The van der Waals surface area contributed by atoms with E-state index in [0.717, 1.165) is 11.3 Å². The second-order valence-corrected chi connectivity index (χ2v) is 5.42. The van der Waals surface area contributed by atoms with Crippen molar-refractivity contribution >= 4 is 28.2 Å². The molecular weight excluding hydrogens is 294 g/mol. The lowest BCUT2D eigenvalue weighted by atomic mass is 10.3. The van der Waals surface area contributed by atoms with Gasteiger partial charge in [0.25, 0.3) is 0 Å². The van der Waals surface area contributed by atoms with Gasteiger partial charge in [0.1, 0.15) is 16.7 Å². The predicted octanol–water partition coefficient (Wildman–Crippen LogP) is 2.60. The van der Waals surface area contributed by atoms with E-state index in [0.29, 0.717) is 16.8 Å². The van der Waals surface area contributed by atoms with Gasteiger partial charge in [0.05, 0.1) is 13.3 Å². The van der Waals surface area contributed by atoms with Crippen molar-refractivity contribution in [1.29, 1.82) is 0 Å². The Morgan fingerprint density at radius 3 is 2.71 bits per heavy atom. The summed E-state index contributed by atoms with van der Waals surface area (Å²) in [5.41, 5.74) is 0.0216. The largest absolute Gasteiger partial charge is 0.464 e. The van der Waals surface area contributed by atoms with Gasteiger partial charge in [-0.2, -0.15) is 0 Å². The molecule has 1 atom stereocenters. The molecule has 0 aliphatic carbocycles. The molecule has 0 fully saturated rings. The summed E-state index contributed by atoms with van der Waals surface area (Å²) in [6.07, 6.45) is 1.62. The number of nitrogens with one attached hydrogen (secondary N) is 1. The van der Waals surface area contributed by atoms with Crippen LogP contribution in [0.2, 0.25) is 0 Å². The maximum absolute atomic E-state index is 11.6. The van der Waals surface area contributed by atoms with Gasteiger partial charge in [-0.05, 0) is 13.8 Å². The molecule has 21 heavy (non-hydrogen) atoms. The smallest absolute Gasteiger partial charge is 0.358 e. The zero-order valence-corrected chi connectivity index (χ0v) is 12.9. The number of aromatic nitrogens is 2. The van der Waals surface area contributed by atoms with Gasteiger partial charge in [0.15, 0.2) is 16.6 Å². The van der Waals surface area contributed by atoms with Gasteiger partial charge < -0.3 is 14.5 Å². The first-order valence-electron chi connectivity index (χ1n) is 6.21. The summed E-state index contributed by atoms with van der Waals surface area (Å²) in [5, 5.41) is 3.49. The molecule has 0 radical (unpaired) electrons. The molecule has 2 aromatic rings. The average molecular weight is 309 g/mol. The van der Waals surface area contributed by atoms with Crippen LogP contribution in [0.4, 0.5) is 5.13 Å². The van der Waals surface area contributed by atoms with E-state index in [-0.39, 0.29) is 22.4 Å². The molecule has 0 aromatic carbocycles. The number of aryl methyl sites for hydroxylation is 1. The fourth-order valence-electron chi connectivity index (χ4n) is 1.67. The Hall–Kier alpha value is -2.22. The molecule has 2 rings (SSSR count). The summed E-state index contributed by atoms with van der Waals surface area (Å²) in [5.74, 6) is 0.342. The third kappa shape index (κ3) is 3.27. The highest BCUT2D eigenvalue weighted by Crippen LogP contribution is 2.27. The van der Waals surface area contributed by atoms with Crippen molar-refractivity contribution < 1.29 is 18.7 Å². The molecule has 0 bridgehead atoms. The minimum absolute atomic E-state index is 0.0216. The van der Waals surface area contributed by atoms with Crippen molar-refractivity contribution in [3.05, 3.63) is 28.4 Å². The second kappa shape index (κ2) is 6.04. The van der Waals surface area contributed by atoms with Crippen molar-refractivity contribution in [3.8, 4) is 0 Å². The van der Waals surface area contributed by atoms with Crippen molar-refractivity contribution in [3.63, 3.8) is 0 Å². The monoisotopic (exact) mass is 309 g/mol. The summed E-state index contributed by atoms with van der Waals surface area (Å²) < 4.78 is 10.0. The summed E-state index contributed by atoms with van der Waals surface area (Å²) in [6.45, 7) is 5.03. The van der Waals surface area contributed by atoms with E-state index in [9.17, 15) is 9.59 Å². The predicted molar refractivity (Wildman–Crippen MR) is 76.7 cm³/mol. The number of methoxy groups -OCH3 is 1. The van der Waals surface area contributed by atoms with E-state index < -0.39 is 5.97 Å². The Balaban J connectivity index is 2.24. The van der Waals surface area contributed by atoms with E-state index in [1.807, 2.05) is 6.92 Å². The van der Waals surface area contributed by atoms with Crippen LogP contribution in [-0.4, -0.2) is 28.8 Å². The quantitative estimate of drug-likeness (QED) is 0.670. The van der Waals surface area contributed by atoms with Crippen LogP contribution in [0.25, 0.3) is 0 Å². The first-order chi connectivity index (χ1) is 9.92. The number of thiazole rings is 1. The van der Waals surface area contributed by atoms with Crippen molar-refractivity contribution in [1.82, 2.24) is 9.97 Å². The van der Waals surface area contributed by atoms with E-state index in [4.69, 9.17) is 4.42 Å². The number of ether oxygens (including phenoxy) is 1. The van der Waals surface area contributed by atoms with Gasteiger partial charge in [0.2, 0.25) is 5.89 Å². The number of hydrogen-bond donors (Lipinski definition) is 1. The molecule has 0 spiro atoms. The van der Waals surface area contributed by atoms with Crippen LogP contribution in [0.5, 0.6) is 0 Å². The second-order valence-electron chi connectivity index (χ2n) is 4.42. The SMILES string of the molecule is COC(=O)c1nc(NC(C)c2ncc(C)o2)sc1C(C)=O. The fourth-order valence-corrected chi connectivity index (χ4v) is 2.61. The molecule has 1 unspecified atom stereocenters. The third-order valence-corrected chi connectivity index (χ3v) is 3.76. The van der Waals surface area contributed by atoms with E-state index in [1.54, 1.807) is 13.1 Å². The minimum atomic E-state index is -0.635. The van der Waals surface area contributed by atoms with Crippen LogP contribution in [0.1, 0.15) is 51.7 Å². The fraction of sp³-hybridized carbons (Fsp3) is 0.385. The van der Waals surface area contributed by atoms with Crippen molar-refractivity contribution in [2.24, 2.45) is 0 Å². The Labute approximate surface area is 125 Å². The topological polar surface area (TPSA) is 94.3 Å². The van der Waals surface area contributed by atoms with Crippen LogP contribution in [0, 0.1) is 6.92 Å². The average Bonchev–Trinajstić information content (AvgIpc) is 3.04. The molecule has 0 amide bonds. The molecule has 1 N–H and O–H groups in total. The molecule has 0 aliphatic heterocycles. The van der Waals surface area contributed by atoms with Crippen molar-refractivity contribution in [2.45, 2.75) is 26.8 Å². The van der Waals surface area contributed by atoms with Gasteiger partial charge in [-0.25, -0.2) is 14.8 Å². The van der Waals surface area contributed by atoms with Crippen LogP contribution in [-0.2, 0) is 4.74 Å². The van der Waals surface area contributed by atoms with Crippen LogP contribution < -0.4 is 5.32 Å². The number of carbonyl (C=O) groups is 2. The zero-order valence-electron chi connectivity index (χ0n) is 12.1. The van der Waals surface area contributed by atoms with Gasteiger partial charge in [0, 0.05) is 6.92 Å². The Bertz CT molecular complexity index is 677. The highest BCUT2D eigenvalue weighted by Gasteiger charge is 2.23. The molecule has 0 saturated heterocycles. The number of hydrogen-bond acceptors (Lipinski definition) is 8. The maximum Gasteiger partial charge on any atom is 0.358 e. The lowest BCUT2D eigenvalue weighted by molar-refractivity contribution is 0.0591. The number of rotatable bonds is 5. The summed E-state index contributed by atoms with van der Waals surface area (Å²) in [4.78, 5) is 31.7. The first kappa shape index (κ1) is 15.2. The maximum atomic E-state index is 11.6. The van der Waals surface area contributed by atoms with Gasteiger partial charge >= 0.3 is 5.97 Å². The lowest BCUT2D eigenvalue weighted by Gasteiger charge is -2.08. The number of oxazole rings is 1. The normalized spacial score (nSPS) is 12.0. The standard InChI is InChI=1S/C13H15N3O4S/c1-6-5-14-11(20-6)7(2)15-13-16-9(12(18)19-4)10(21-13)8(3)17/h5,7H,1-4H3,(H,15,16). The number of anilines is 1. The zero-order chi connectivity index (χ0) is 15.6.